The van der Waals surface area contributed by atoms with E-state index < -0.39 is 17.6 Å². The molecule has 0 spiro atoms. The fourth-order valence-corrected chi connectivity index (χ4v) is 4.26. The van der Waals surface area contributed by atoms with Crippen LogP contribution in [-0.4, -0.2) is 21.3 Å². The van der Waals surface area contributed by atoms with Crippen LogP contribution in [0.5, 0.6) is 0 Å². The first-order chi connectivity index (χ1) is 16.4. The molecule has 0 saturated heterocycles. The Hall–Kier alpha value is -3.77. The van der Waals surface area contributed by atoms with Gasteiger partial charge in [0.25, 0.3) is 0 Å². The van der Waals surface area contributed by atoms with Crippen molar-refractivity contribution in [2.24, 2.45) is 0 Å². The molecule has 1 heterocycles. The molecule has 4 aromatic rings. The first kappa shape index (κ1) is 23.4. The van der Waals surface area contributed by atoms with E-state index in [1.807, 2.05) is 19.1 Å². The van der Waals surface area contributed by atoms with Crippen LogP contribution >= 0.6 is 11.6 Å². The van der Waals surface area contributed by atoms with Gasteiger partial charge in [0.05, 0.1) is 22.1 Å². The SMILES string of the molecule is CCC/C(=C(/c1ccc(/C=C/C(=O)O)cc1)c1ccc2[nH]ncc2c1F)c1ccc(F)cc1Cl. The van der Waals surface area contributed by atoms with Crippen LogP contribution in [0.15, 0.2) is 66.9 Å². The molecule has 1 aromatic heterocycles. The number of H-pyrrole nitrogens is 1. The minimum absolute atomic E-state index is 0.242. The molecule has 0 atom stereocenters. The topological polar surface area (TPSA) is 66.0 Å². The van der Waals surface area contributed by atoms with Crippen molar-refractivity contribution in [2.45, 2.75) is 19.8 Å². The molecule has 2 N–H and O–H groups in total. The molecule has 4 nitrogen and oxygen atoms in total. The van der Waals surface area contributed by atoms with E-state index in [9.17, 15) is 9.18 Å². The van der Waals surface area contributed by atoms with Gasteiger partial charge in [-0.3, -0.25) is 5.10 Å². The van der Waals surface area contributed by atoms with E-state index in [1.54, 1.807) is 30.3 Å². The fraction of sp³-hybridized carbons (Fsp3) is 0.111. The van der Waals surface area contributed by atoms with E-state index in [4.69, 9.17) is 16.7 Å². The lowest BCUT2D eigenvalue weighted by molar-refractivity contribution is -0.131. The van der Waals surface area contributed by atoms with Crippen LogP contribution in [0, 0.1) is 11.6 Å². The Morgan fingerprint density at radius 3 is 2.50 bits per heavy atom. The molecule has 3 aromatic carbocycles. The molecule has 0 radical (unpaired) electrons. The lowest BCUT2D eigenvalue weighted by Crippen LogP contribution is -2.00. The summed E-state index contributed by atoms with van der Waals surface area (Å²) in [6.45, 7) is 2.00. The first-order valence-electron chi connectivity index (χ1n) is 10.7. The number of nitrogens with zero attached hydrogens (tertiary/aromatic N) is 1. The number of aliphatic carboxylic acids is 1. The highest BCUT2D eigenvalue weighted by Gasteiger charge is 2.20. The summed E-state index contributed by atoms with van der Waals surface area (Å²) >= 11 is 6.44. The van der Waals surface area contributed by atoms with Crippen LogP contribution in [0.4, 0.5) is 8.78 Å². The summed E-state index contributed by atoms with van der Waals surface area (Å²) in [5.74, 6) is -1.93. The Labute approximate surface area is 200 Å². The van der Waals surface area contributed by atoms with Gasteiger partial charge < -0.3 is 5.11 Å². The normalized spacial score (nSPS) is 12.4. The number of rotatable bonds is 7. The van der Waals surface area contributed by atoms with Crippen LogP contribution in [0.25, 0.3) is 28.1 Å². The summed E-state index contributed by atoms with van der Waals surface area (Å²) in [6.07, 6.45) is 5.30. The highest BCUT2D eigenvalue weighted by Crippen LogP contribution is 2.40. The molecule has 0 aliphatic heterocycles. The molecular weight excluding hydrogens is 458 g/mol. The predicted octanol–water partition coefficient (Wildman–Crippen LogP) is 7.35. The Morgan fingerprint density at radius 2 is 1.82 bits per heavy atom. The number of halogens is 3. The lowest BCUT2D eigenvalue weighted by Gasteiger charge is -2.19. The number of fused-ring (bicyclic) bond motifs is 1. The molecule has 0 bridgehead atoms. The molecule has 0 unspecified atom stereocenters. The Morgan fingerprint density at radius 1 is 1.09 bits per heavy atom. The average Bonchev–Trinajstić information content (AvgIpc) is 3.29. The van der Waals surface area contributed by atoms with Gasteiger partial charge in [0, 0.05) is 11.6 Å². The number of carboxylic acid groups (broad SMARTS) is 1. The van der Waals surface area contributed by atoms with Crippen molar-refractivity contribution in [3.63, 3.8) is 0 Å². The van der Waals surface area contributed by atoms with E-state index in [1.165, 1.54) is 24.4 Å². The van der Waals surface area contributed by atoms with E-state index in [2.05, 4.69) is 10.2 Å². The molecule has 34 heavy (non-hydrogen) atoms. The number of hydrogen-bond acceptors (Lipinski definition) is 2. The highest BCUT2D eigenvalue weighted by atomic mass is 35.5. The summed E-state index contributed by atoms with van der Waals surface area (Å²) in [7, 11) is 0. The van der Waals surface area contributed by atoms with E-state index in [0.29, 0.717) is 39.6 Å². The van der Waals surface area contributed by atoms with Gasteiger partial charge in [0.2, 0.25) is 0 Å². The minimum Gasteiger partial charge on any atom is -0.478 e. The molecule has 172 valence electrons. The highest BCUT2D eigenvalue weighted by molar-refractivity contribution is 6.32. The van der Waals surface area contributed by atoms with Crippen molar-refractivity contribution in [2.75, 3.05) is 0 Å². The van der Waals surface area contributed by atoms with Crippen molar-refractivity contribution >= 4 is 45.7 Å². The number of aromatic amines is 1. The smallest absolute Gasteiger partial charge is 0.328 e. The number of aromatic nitrogens is 2. The molecule has 4 rings (SSSR count). The van der Waals surface area contributed by atoms with Gasteiger partial charge in [-0.15, -0.1) is 0 Å². The zero-order valence-corrected chi connectivity index (χ0v) is 19.0. The van der Waals surface area contributed by atoms with E-state index in [0.717, 1.165) is 23.6 Å². The van der Waals surface area contributed by atoms with Crippen molar-refractivity contribution in [3.05, 3.63) is 106 Å². The summed E-state index contributed by atoms with van der Waals surface area (Å²) in [5, 5.41) is 16.2. The monoisotopic (exact) mass is 478 g/mol. The standard InChI is InChI=1S/C27H21ClF2N2O2/c1-2-3-20(19-10-9-18(29)14-23(19)28)26(17-7-4-16(5-8-17)6-13-25(33)34)21-11-12-24-22(27(21)30)15-31-32-24/h4-15H,2-3H2,1H3,(H,31,32)(H,33,34)/b13-6+,26-20+. The zero-order valence-electron chi connectivity index (χ0n) is 18.3. The molecule has 0 saturated carbocycles. The number of benzene rings is 3. The third-order valence-corrected chi connectivity index (χ3v) is 5.82. The quantitative estimate of drug-likeness (QED) is 0.215. The van der Waals surface area contributed by atoms with Crippen LogP contribution in [-0.2, 0) is 4.79 Å². The zero-order chi connectivity index (χ0) is 24.2. The number of allylic oxidation sites excluding steroid dienone is 1. The lowest BCUT2D eigenvalue weighted by atomic mass is 9.86. The Balaban J connectivity index is 2.00. The summed E-state index contributed by atoms with van der Waals surface area (Å²) in [4.78, 5) is 10.8. The molecular formula is C27H21ClF2N2O2. The van der Waals surface area contributed by atoms with Gasteiger partial charge in [-0.1, -0.05) is 55.3 Å². The second kappa shape index (κ2) is 10.0. The predicted molar refractivity (Wildman–Crippen MR) is 131 cm³/mol. The summed E-state index contributed by atoms with van der Waals surface area (Å²) in [5.41, 5.74) is 4.39. The van der Waals surface area contributed by atoms with Crippen molar-refractivity contribution in [1.29, 1.82) is 0 Å². The fourth-order valence-electron chi connectivity index (χ4n) is 3.98. The second-order valence-electron chi connectivity index (χ2n) is 7.78. The molecule has 0 fully saturated rings. The van der Waals surface area contributed by atoms with E-state index >= 15 is 4.39 Å². The number of hydrogen-bond donors (Lipinski definition) is 2. The van der Waals surface area contributed by atoms with Gasteiger partial charge in [0.1, 0.15) is 11.6 Å². The Kier molecular flexibility index (Phi) is 6.89. The van der Waals surface area contributed by atoms with Crippen LogP contribution in [0.1, 0.15) is 42.0 Å². The summed E-state index contributed by atoms with van der Waals surface area (Å²) < 4.78 is 29.5. The average molecular weight is 479 g/mol. The van der Waals surface area contributed by atoms with Crippen LogP contribution in [0.3, 0.4) is 0 Å². The van der Waals surface area contributed by atoms with Crippen molar-refractivity contribution < 1.29 is 18.7 Å². The van der Waals surface area contributed by atoms with Gasteiger partial charge in [-0.25, -0.2) is 13.6 Å². The minimum atomic E-state index is -1.05. The van der Waals surface area contributed by atoms with Crippen LogP contribution in [0.2, 0.25) is 5.02 Å². The number of carbonyl (C=O) groups is 1. The largest absolute Gasteiger partial charge is 0.478 e. The maximum absolute atomic E-state index is 15.7. The Bertz CT molecular complexity index is 1420. The van der Waals surface area contributed by atoms with Gasteiger partial charge in [-0.05, 0) is 64.6 Å². The van der Waals surface area contributed by atoms with Crippen LogP contribution < -0.4 is 0 Å². The molecule has 0 aliphatic rings. The van der Waals surface area contributed by atoms with Crippen molar-refractivity contribution in [1.82, 2.24) is 10.2 Å². The maximum Gasteiger partial charge on any atom is 0.328 e. The van der Waals surface area contributed by atoms with Crippen molar-refractivity contribution in [3.8, 4) is 0 Å². The molecule has 0 amide bonds. The van der Waals surface area contributed by atoms with Gasteiger partial charge >= 0.3 is 5.97 Å². The van der Waals surface area contributed by atoms with Gasteiger partial charge in [0.15, 0.2) is 0 Å². The molecule has 0 aliphatic carbocycles. The van der Waals surface area contributed by atoms with E-state index in [-0.39, 0.29) is 5.02 Å². The number of nitrogens with one attached hydrogen (secondary N) is 1. The summed E-state index contributed by atoms with van der Waals surface area (Å²) in [6, 6.07) is 14.8. The van der Waals surface area contributed by atoms with Gasteiger partial charge in [-0.2, -0.15) is 5.10 Å². The maximum atomic E-state index is 15.7. The second-order valence-corrected chi connectivity index (χ2v) is 8.19. The first-order valence-corrected chi connectivity index (χ1v) is 11.1. The third-order valence-electron chi connectivity index (χ3n) is 5.50. The molecule has 7 heteroatoms. The number of carboxylic acids is 1. The third kappa shape index (κ3) is 4.77.